The highest BCUT2D eigenvalue weighted by Gasteiger charge is 2.10. The highest BCUT2D eigenvalue weighted by atomic mass is 79.9. The van der Waals surface area contributed by atoms with Gasteiger partial charge in [-0.1, -0.05) is 23.7 Å². The van der Waals surface area contributed by atoms with Crippen LogP contribution in [0.3, 0.4) is 0 Å². The number of carbonyl (C=O) groups excluding carboxylic acids is 1. The molecule has 0 atom stereocenters. The van der Waals surface area contributed by atoms with Crippen LogP contribution in [0.2, 0.25) is 5.02 Å². The van der Waals surface area contributed by atoms with Crippen molar-refractivity contribution >= 4 is 44.8 Å². The lowest BCUT2D eigenvalue weighted by atomic mass is 10.1. The summed E-state index contributed by atoms with van der Waals surface area (Å²) in [7, 11) is 0. The number of nitrogens with one attached hydrogen (secondary N) is 1. The molecule has 18 heavy (non-hydrogen) atoms. The fraction of sp³-hybridized carbons (Fsp3) is 0. The van der Waals surface area contributed by atoms with Crippen molar-refractivity contribution in [3.63, 3.8) is 0 Å². The van der Waals surface area contributed by atoms with Gasteiger partial charge in [-0.2, -0.15) is 0 Å². The van der Waals surface area contributed by atoms with Gasteiger partial charge >= 0.3 is 0 Å². The summed E-state index contributed by atoms with van der Waals surface area (Å²) < 4.78 is 0.720. The normalized spacial score (nSPS) is 10.1. The topological polar surface area (TPSA) is 55.1 Å². The summed E-state index contributed by atoms with van der Waals surface area (Å²) in [5, 5.41) is 3.37. The molecule has 0 unspecified atom stereocenters. The second-order valence-electron chi connectivity index (χ2n) is 3.67. The molecule has 0 radical (unpaired) electrons. The number of hydrogen-bond donors (Lipinski definition) is 2. The Bertz CT molecular complexity index is 601. The van der Waals surface area contributed by atoms with E-state index in [0.717, 1.165) is 4.47 Å². The van der Waals surface area contributed by atoms with Crippen LogP contribution in [-0.2, 0) is 0 Å². The van der Waals surface area contributed by atoms with Crippen LogP contribution in [0.15, 0.2) is 46.9 Å². The molecule has 0 fully saturated rings. The standard InChI is InChI=1S/C13H10BrClN2O/c14-10-7-8(15)5-6-12(10)17-13(18)9-3-1-2-4-11(9)16/h1-7H,16H2,(H,17,18). The van der Waals surface area contributed by atoms with Crippen LogP contribution in [0, 0.1) is 0 Å². The van der Waals surface area contributed by atoms with Gasteiger partial charge in [0.15, 0.2) is 0 Å². The van der Waals surface area contributed by atoms with Gasteiger partial charge in [0.25, 0.3) is 5.91 Å². The van der Waals surface area contributed by atoms with Crippen molar-refractivity contribution < 1.29 is 4.79 Å². The molecule has 2 aromatic rings. The molecule has 3 nitrogen and oxygen atoms in total. The third-order valence-corrected chi connectivity index (χ3v) is 3.28. The molecule has 0 aliphatic carbocycles. The Morgan fingerprint density at radius 1 is 1.22 bits per heavy atom. The average Bonchev–Trinajstić information content (AvgIpc) is 2.33. The third kappa shape index (κ3) is 2.83. The van der Waals surface area contributed by atoms with Gasteiger partial charge in [0.05, 0.1) is 11.3 Å². The van der Waals surface area contributed by atoms with Crippen molar-refractivity contribution in [2.24, 2.45) is 0 Å². The Balaban J connectivity index is 2.24. The number of nitrogen functional groups attached to an aromatic ring is 1. The summed E-state index contributed by atoms with van der Waals surface area (Å²) >= 11 is 9.17. The van der Waals surface area contributed by atoms with E-state index in [9.17, 15) is 4.79 Å². The SMILES string of the molecule is Nc1ccccc1C(=O)Nc1ccc(Cl)cc1Br. The zero-order valence-electron chi connectivity index (χ0n) is 9.28. The van der Waals surface area contributed by atoms with E-state index in [0.29, 0.717) is 22.0 Å². The molecular formula is C13H10BrClN2O. The zero-order chi connectivity index (χ0) is 13.1. The average molecular weight is 326 g/mol. The summed E-state index contributed by atoms with van der Waals surface area (Å²) in [6.45, 7) is 0. The van der Waals surface area contributed by atoms with Gasteiger partial charge in [-0.25, -0.2) is 0 Å². The fourth-order valence-electron chi connectivity index (χ4n) is 1.48. The molecule has 0 heterocycles. The van der Waals surface area contributed by atoms with Crippen molar-refractivity contribution in [2.45, 2.75) is 0 Å². The summed E-state index contributed by atoms with van der Waals surface area (Å²) in [5.41, 5.74) is 7.28. The maximum Gasteiger partial charge on any atom is 0.257 e. The lowest BCUT2D eigenvalue weighted by Crippen LogP contribution is -2.14. The zero-order valence-corrected chi connectivity index (χ0v) is 11.6. The summed E-state index contributed by atoms with van der Waals surface area (Å²) in [5.74, 6) is -0.254. The highest BCUT2D eigenvalue weighted by Crippen LogP contribution is 2.26. The molecule has 2 aromatic carbocycles. The maximum absolute atomic E-state index is 12.0. The van der Waals surface area contributed by atoms with Gasteiger partial charge in [-0.3, -0.25) is 4.79 Å². The number of amides is 1. The van der Waals surface area contributed by atoms with Crippen LogP contribution in [0.4, 0.5) is 11.4 Å². The first kappa shape index (κ1) is 12.9. The third-order valence-electron chi connectivity index (χ3n) is 2.38. The summed E-state index contributed by atoms with van der Waals surface area (Å²) in [6, 6.07) is 12.1. The Morgan fingerprint density at radius 3 is 2.61 bits per heavy atom. The largest absolute Gasteiger partial charge is 0.398 e. The van der Waals surface area contributed by atoms with Crippen LogP contribution in [0.25, 0.3) is 0 Å². The Morgan fingerprint density at radius 2 is 1.94 bits per heavy atom. The molecule has 0 saturated carbocycles. The second kappa shape index (κ2) is 5.42. The number of anilines is 2. The van der Waals surface area contributed by atoms with Crippen molar-refractivity contribution in [3.8, 4) is 0 Å². The molecule has 2 rings (SSSR count). The quantitative estimate of drug-likeness (QED) is 0.822. The number of rotatable bonds is 2. The van der Waals surface area contributed by atoms with E-state index < -0.39 is 0 Å². The first-order chi connectivity index (χ1) is 8.58. The van der Waals surface area contributed by atoms with Crippen LogP contribution >= 0.6 is 27.5 Å². The molecule has 0 spiro atoms. The van der Waals surface area contributed by atoms with E-state index >= 15 is 0 Å². The van der Waals surface area contributed by atoms with E-state index in [4.69, 9.17) is 17.3 Å². The number of hydrogen-bond acceptors (Lipinski definition) is 2. The van der Waals surface area contributed by atoms with Crippen molar-refractivity contribution in [2.75, 3.05) is 11.1 Å². The van der Waals surface area contributed by atoms with Crippen molar-refractivity contribution in [1.29, 1.82) is 0 Å². The smallest absolute Gasteiger partial charge is 0.257 e. The van der Waals surface area contributed by atoms with E-state index in [1.807, 2.05) is 0 Å². The van der Waals surface area contributed by atoms with Gasteiger partial charge in [0.2, 0.25) is 0 Å². The lowest BCUT2D eigenvalue weighted by Gasteiger charge is -2.09. The summed E-state index contributed by atoms with van der Waals surface area (Å²) in [4.78, 5) is 12.0. The molecule has 3 N–H and O–H groups in total. The Kier molecular flexibility index (Phi) is 3.89. The minimum absolute atomic E-state index is 0.254. The van der Waals surface area contributed by atoms with Gasteiger partial charge in [0.1, 0.15) is 0 Å². The second-order valence-corrected chi connectivity index (χ2v) is 4.96. The molecule has 0 aliphatic rings. The predicted octanol–water partition coefficient (Wildman–Crippen LogP) is 3.94. The summed E-state index contributed by atoms with van der Waals surface area (Å²) in [6.07, 6.45) is 0. The van der Waals surface area contributed by atoms with Gasteiger partial charge in [-0.15, -0.1) is 0 Å². The molecular weight excluding hydrogens is 316 g/mol. The Hall–Kier alpha value is -1.52. The monoisotopic (exact) mass is 324 g/mol. The van der Waals surface area contributed by atoms with Crippen LogP contribution < -0.4 is 11.1 Å². The van der Waals surface area contributed by atoms with E-state index in [1.165, 1.54) is 0 Å². The minimum Gasteiger partial charge on any atom is -0.398 e. The van der Waals surface area contributed by atoms with Crippen LogP contribution in [0.1, 0.15) is 10.4 Å². The lowest BCUT2D eigenvalue weighted by molar-refractivity contribution is 0.102. The molecule has 0 aromatic heterocycles. The highest BCUT2D eigenvalue weighted by molar-refractivity contribution is 9.10. The van der Waals surface area contributed by atoms with E-state index in [-0.39, 0.29) is 5.91 Å². The molecule has 0 bridgehead atoms. The molecule has 92 valence electrons. The molecule has 0 saturated heterocycles. The van der Waals surface area contributed by atoms with Crippen LogP contribution in [0.5, 0.6) is 0 Å². The molecule has 0 aliphatic heterocycles. The number of para-hydroxylation sites is 1. The first-order valence-corrected chi connectivity index (χ1v) is 6.36. The van der Waals surface area contributed by atoms with E-state index in [2.05, 4.69) is 21.2 Å². The van der Waals surface area contributed by atoms with Gasteiger partial charge in [-0.05, 0) is 46.3 Å². The predicted molar refractivity (Wildman–Crippen MR) is 78.0 cm³/mol. The van der Waals surface area contributed by atoms with Crippen LogP contribution in [-0.4, -0.2) is 5.91 Å². The number of nitrogens with two attached hydrogens (primary N) is 1. The molecule has 1 amide bonds. The van der Waals surface area contributed by atoms with Gasteiger partial charge < -0.3 is 11.1 Å². The Labute approximate surface area is 118 Å². The fourth-order valence-corrected chi connectivity index (χ4v) is 2.27. The van der Waals surface area contributed by atoms with Crippen molar-refractivity contribution in [3.05, 3.63) is 57.5 Å². The number of halogens is 2. The minimum atomic E-state index is -0.254. The number of benzene rings is 2. The maximum atomic E-state index is 12.0. The first-order valence-electron chi connectivity index (χ1n) is 5.19. The number of carbonyl (C=O) groups is 1. The van der Waals surface area contributed by atoms with E-state index in [1.54, 1.807) is 42.5 Å². The van der Waals surface area contributed by atoms with Crippen molar-refractivity contribution in [1.82, 2.24) is 0 Å². The van der Waals surface area contributed by atoms with Gasteiger partial charge in [0, 0.05) is 15.2 Å². The molecule has 5 heteroatoms.